The molecule has 0 unspecified atom stereocenters. The molecule has 1 aromatic heterocycles. The lowest BCUT2D eigenvalue weighted by atomic mass is 10.2. The molecule has 0 aliphatic rings. The van der Waals surface area contributed by atoms with Crippen LogP contribution < -0.4 is 0 Å². The van der Waals surface area contributed by atoms with E-state index in [9.17, 15) is 10.1 Å². The highest BCUT2D eigenvalue weighted by Gasteiger charge is 2.16. The molecule has 2 aromatic carbocycles. The number of hydrogen-bond donors (Lipinski definition) is 0. The van der Waals surface area contributed by atoms with Gasteiger partial charge in [0.05, 0.1) is 15.5 Å². The number of fused-ring (bicyclic) bond motifs is 1. The van der Waals surface area contributed by atoms with Crippen molar-refractivity contribution in [2.24, 2.45) is 0 Å². The summed E-state index contributed by atoms with van der Waals surface area (Å²) < 4.78 is 5.63. The maximum absolute atomic E-state index is 10.8. The van der Waals surface area contributed by atoms with Crippen molar-refractivity contribution >= 4 is 28.4 Å². The average Bonchev–Trinajstić information content (AvgIpc) is 2.84. The van der Waals surface area contributed by atoms with Gasteiger partial charge in [-0.25, -0.2) is 4.98 Å². The van der Waals surface area contributed by atoms with E-state index in [0.717, 1.165) is 11.1 Å². The highest BCUT2D eigenvalue weighted by Crippen LogP contribution is 2.33. The molecule has 100 valence electrons. The summed E-state index contributed by atoms with van der Waals surface area (Å²) in [5, 5.41) is 11.2. The number of hydrogen-bond acceptors (Lipinski definition) is 4. The molecule has 3 aromatic rings. The first-order valence-electron chi connectivity index (χ1n) is 5.87. The minimum absolute atomic E-state index is 0.0524. The van der Waals surface area contributed by atoms with Crippen LogP contribution in [0.1, 0.15) is 5.56 Å². The molecule has 0 atom stereocenters. The van der Waals surface area contributed by atoms with Crippen molar-refractivity contribution in [2.45, 2.75) is 6.92 Å². The van der Waals surface area contributed by atoms with Gasteiger partial charge in [-0.2, -0.15) is 0 Å². The van der Waals surface area contributed by atoms with Crippen molar-refractivity contribution in [1.29, 1.82) is 0 Å². The summed E-state index contributed by atoms with van der Waals surface area (Å²) in [6.07, 6.45) is 0. The van der Waals surface area contributed by atoms with Crippen LogP contribution in [0.2, 0.25) is 5.02 Å². The summed E-state index contributed by atoms with van der Waals surface area (Å²) >= 11 is 6.08. The summed E-state index contributed by atoms with van der Waals surface area (Å²) in [5.41, 5.74) is 2.69. The standard InChI is InChI=1S/C14H9ClN2O3/c1-8-3-2-4-12-13(8)16-14(20-12)10-7-9(17(18)19)5-6-11(10)15/h2-7H,1H3. The van der Waals surface area contributed by atoms with Crippen LogP contribution in [0.5, 0.6) is 0 Å². The summed E-state index contributed by atoms with van der Waals surface area (Å²) in [6, 6.07) is 9.76. The van der Waals surface area contributed by atoms with Crippen LogP contribution in [0.3, 0.4) is 0 Å². The van der Waals surface area contributed by atoms with Gasteiger partial charge in [0.1, 0.15) is 5.52 Å². The lowest BCUT2D eigenvalue weighted by Crippen LogP contribution is -1.89. The molecule has 0 amide bonds. The first-order valence-corrected chi connectivity index (χ1v) is 6.24. The molecule has 20 heavy (non-hydrogen) atoms. The van der Waals surface area contributed by atoms with Crippen LogP contribution in [-0.2, 0) is 0 Å². The van der Waals surface area contributed by atoms with E-state index in [4.69, 9.17) is 16.0 Å². The Hall–Kier alpha value is -2.40. The third-order valence-electron chi connectivity index (χ3n) is 3.01. The molecule has 0 saturated heterocycles. The van der Waals surface area contributed by atoms with E-state index in [1.165, 1.54) is 18.2 Å². The van der Waals surface area contributed by atoms with Gasteiger partial charge in [0, 0.05) is 12.1 Å². The van der Waals surface area contributed by atoms with E-state index in [2.05, 4.69) is 4.98 Å². The Labute approximate surface area is 119 Å². The molecule has 5 nitrogen and oxygen atoms in total. The van der Waals surface area contributed by atoms with E-state index in [1.54, 1.807) is 6.07 Å². The molecule has 0 aliphatic carbocycles. The zero-order chi connectivity index (χ0) is 14.3. The minimum Gasteiger partial charge on any atom is -0.436 e. The van der Waals surface area contributed by atoms with Gasteiger partial charge in [0.2, 0.25) is 5.89 Å². The molecule has 0 spiro atoms. The number of non-ortho nitro benzene ring substituents is 1. The number of halogens is 1. The Bertz CT molecular complexity index is 826. The van der Waals surface area contributed by atoms with Crippen LogP contribution in [0, 0.1) is 17.0 Å². The van der Waals surface area contributed by atoms with Gasteiger partial charge in [-0.3, -0.25) is 10.1 Å². The van der Waals surface area contributed by atoms with Crippen LogP contribution in [0.15, 0.2) is 40.8 Å². The number of benzene rings is 2. The number of para-hydroxylation sites is 1. The average molecular weight is 289 g/mol. The van der Waals surface area contributed by atoms with Gasteiger partial charge >= 0.3 is 0 Å². The summed E-state index contributed by atoms with van der Waals surface area (Å²) in [6.45, 7) is 1.92. The van der Waals surface area contributed by atoms with Gasteiger partial charge in [-0.15, -0.1) is 0 Å². The van der Waals surface area contributed by atoms with Crippen LogP contribution in [0.25, 0.3) is 22.6 Å². The third kappa shape index (κ3) is 2.02. The fourth-order valence-corrected chi connectivity index (χ4v) is 2.19. The smallest absolute Gasteiger partial charge is 0.270 e. The predicted molar refractivity (Wildman–Crippen MR) is 75.8 cm³/mol. The molecular formula is C14H9ClN2O3. The fraction of sp³-hybridized carbons (Fsp3) is 0.0714. The molecule has 3 rings (SSSR count). The summed E-state index contributed by atoms with van der Waals surface area (Å²) in [7, 11) is 0. The Morgan fingerprint density at radius 3 is 2.80 bits per heavy atom. The Kier molecular flexibility index (Phi) is 2.91. The number of aromatic nitrogens is 1. The molecule has 1 heterocycles. The van der Waals surface area contributed by atoms with E-state index >= 15 is 0 Å². The number of rotatable bonds is 2. The van der Waals surface area contributed by atoms with E-state index in [-0.39, 0.29) is 11.6 Å². The minimum atomic E-state index is -0.478. The van der Waals surface area contributed by atoms with Gasteiger partial charge < -0.3 is 4.42 Å². The van der Waals surface area contributed by atoms with Gasteiger partial charge in [0.15, 0.2) is 5.58 Å². The van der Waals surface area contributed by atoms with Crippen molar-refractivity contribution in [2.75, 3.05) is 0 Å². The lowest BCUT2D eigenvalue weighted by molar-refractivity contribution is -0.384. The topological polar surface area (TPSA) is 69.2 Å². The SMILES string of the molecule is Cc1cccc2oc(-c3cc([N+](=O)[O-])ccc3Cl)nc12. The normalized spacial score (nSPS) is 10.9. The summed E-state index contributed by atoms with van der Waals surface area (Å²) in [4.78, 5) is 14.7. The van der Waals surface area contributed by atoms with E-state index < -0.39 is 4.92 Å². The van der Waals surface area contributed by atoms with Crippen molar-refractivity contribution in [3.8, 4) is 11.5 Å². The quantitative estimate of drug-likeness (QED) is 0.519. The van der Waals surface area contributed by atoms with Crippen molar-refractivity contribution in [3.63, 3.8) is 0 Å². The van der Waals surface area contributed by atoms with Gasteiger partial charge in [-0.05, 0) is 24.6 Å². The first kappa shape index (κ1) is 12.6. The van der Waals surface area contributed by atoms with Crippen molar-refractivity contribution in [1.82, 2.24) is 4.98 Å². The number of aryl methyl sites for hydroxylation is 1. The molecule has 0 saturated carbocycles. The monoisotopic (exact) mass is 288 g/mol. The maximum Gasteiger partial charge on any atom is 0.270 e. The van der Waals surface area contributed by atoms with E-state index in [0.29, 0.717) is 16.2 Å². The highest BCUT2D eigenvalue weighted by atomic mass is 35.5. The molecule has 0 fully saturated rings. The number of nitrogens with zero attached hydrogens (tertiary/aromatic N) is 2. The molecular weight excluding hydrogens is 280 g/mol. The second kappa shape index (κ2) is 4.61. The number of nitro benzene ring substituents is 1. The zero-order valence-electron chi connectivity index (χ0n) is 10.5. The molecule has 0 aliphatic heterocycles. The number of oxazole rings is 1. The third-order valence-corrected chi connectivity index (χ3v) is 3.34. The number of nitro groups is 1. The Morgan fingerprint density at radius 1 is 1.30 bits per heavy atom. The molecule has 0 bridgehead atoms. The summed E-state index contributed by atoms with van der Waals surface area (Å²) in [5.74, 6) is 0.281. The predicted octanol–water partition coefficient (Wildman–Crippen LogP) is 4.36. The van der Waals surface area contributed by atoms with Gasteiger partial charge in [-0.1, -0.05) is 23.7 Å². The van der Waals surface area contributed by atoms with Crippen LogP contribution in [0.4, 0.5) is 5.69 Å². The fourth-order valence-electron chi connectivity index (χ4n) is 1.99. The van der Waals surface area contributed by atoms with Crippen molar-refractivity contribution in [3.05, 3.63) is 57.1 Å². The van der Waals surface area contributed by atoms with Crippen molar-refractivity contribution < 1.29 is 9.34 Å². The maximum atomic E-state index is 10.8. The first-order chi connectivity index (χ1) is 9.56. The largest absolute Gasteiger partial charge is 0.436 e. The van der Waals surface area contributed by atoms with Gasteiger partial charge in [0.25, 0.3) is 5.69 Å². The second-order valence-electron chi connectivity index (χ2n) is 4.36. The highest BCUT2D eigenvalue weighted by molar-refractivity contribution is 6.33. The zero-order valence-corrected chi connectivity index (χ0v) is 11.2. The Morgan fingerprint density at radius 2 is 2.10 bits per heavy atom. The lowest BCUT2D eigenvalue weighted by Gasteiger charge is -1.99. The molecule has 6 heteroatoms. The molecule has 0 radical (unpaired) electrons. The second-order valence-corrected chi connectivity index (χ2v) is 4.77. The Balaban J connectivity index is 2.22. The van der Waals surface area contributed by atoms with E-state index in [1.807, 2.05) is 19.1 Å². The molecule has 0 N–H and O–H groups in total. The van der Waals surface area contributed by atoms with Crippen LogP contribution >= 0.6 is 11.6 Å². The van der Waals surface area contributed by atoms with Crippen LogP contribution in [-0.4, -0.2) is 9.91 Å².